The number of nitrogens with zero attached hydrogens (tertiary/aromatic N) is 1. The molecular formula is C13H17N3OS. The fraction of sp³-hybridized carbons (Fsp3) is 0.385. The van der Waals surface area contributed by atoms with Crippen LogP contribution < -0.4 is 10.6 Å². The Kier molecular flexibility index (Phi) is 4.66. The number of carbonyl (C=O) groups excluding carboxylic acids is 1. The zero-order valence-corrected chi connectivity index (χ0v) is 11.2. The van der Waals surface area contributed by atoms with Crippen molar-refractivity contribution in [1.29, 1.82) is 0 Å². The molecule has 2 aromatic rings. The van der Waals surface area contributed by atoms with E-state index in [0.717, 1.165) is 16.9 Å². The molecule has 0 aliphatic rings. The highest BCUT2D eigenvalue weighted by atomic mass is 32.1. The number of hydrogen-bond acceptors (Lipinski definition) is 4. The van der Waals surface area contributed by atoms with E-state index in [4.69, 9.17) is 0 Å². The van der Waals surface area contributed by atoms with Crippen LogP contribution in [0.1, 0.15) is 11.4 Å². The number of rotatable bonds is 6. The van der Waals surface area contributed by atoms with E-state index in [1.807, 2.05) is 25.2 Å². The Morgan fingerprint density at radius 1 is 1.33 bits per heavy atom. The Balaban J connectivity index is 1.81. The number of amides is 1. The number of carbonyl (C=O) groups is 1. The van der Waals surface area contributed by atoms with E-state index >= 15 is 0 Å². The van der Waals surface area contributed by atoms with E-state index in [-0.39, 0.29) is 5.91 Å². The summed E-state index contributed by atoms with van der Waals surface area (Å²) in [6.45, 7) is 1.37. The third-order valence-corrected chi connectivity index (χ3v) is 3.70. The average molecular weight is 263 g/mol. The van der Waals surface area contributed by atoms with Gasteiger partial charge in [0.15, 0.2) is 0 Å². The Hall–Kier alpha value is -1.46. The highest BCUT2D eigenvalue weighted by Crippen LogP contribution is 2.21. The molecule has 96 valence electrons. The smallest absolute Gasteiger partial charge is 0.221 e. The van der Waals surface area contributed by atoms with E-state index in [9.17, 15) is 4.79 Å². The van der Waals surface area contributed by atoms with E-state index in [0.29, 0.717) is 19.5 Å². The first kappa shape index (κ1) is 13.0. The van der Waals surface area contributed by atoms with Crippen molar-refractivity contribution in [3.63, 3.8) is 0 Å². The highest BCUT2D eigenvalue weighted by Gasteiger charge is 2.04. The summed E-state index contributed by atoms with van der Waals surface area (Å²) in [5.74, 6) is 0.0884. The molecule has 1 amide bonds. The van der Waals surface area contributed by atoms with Gasteiger partial charge in [-0.25, -0.2) is 4.98 Å². The summed E-state index contributed by atoms with van der Waals surface area (Å²) in [7, 11) is 1.84. The summed E-state index contributed by atoms with van der Waals surface area (Å²) in [6, 6.07) is 8.10. The van der Waals surface area contributed by atoms with Crippen molar-refractivity contribution in [3.05, 3.63) is 29.3 Å². The molecule has 0 fully saturated rings. The maximum atomic E-state index is 11.4. The fourth-order valence-corrected chi connectivity index (χ4v) is 2.63. The zero-order valence-electron chi connectivity index (χ0n) is 10.4. The minimum absolute atomic E-state index is 0.0884. The van der Waals surface area contributed by atoms with Gasteiger partial charge in [-0.1, -0.05) is 12.1 Å². The maximum absolute atomic E-state index is 11.4. The molecule has 1 heterocycles. The average Bonchev–Trinajstić information content (AvgIpc) is 2.79. The molecule has 0 radical (unpaired) electrons. The Morgan fingerprint density at radius 3 is 2.94 bits per heavy atom. The Bertz CT molecular complexity index is 491. The van der Waals surface area contributed by atoms with Crippen molar-refractivity contribution in [1.82, 2.24) is 15.6 Å². The van der Waals surface area contributed by atoms with Crippen LogP contribution in [0.4, 0.5) is 0 Å². The quantitative estimate of drug-likeness (QED) is 0.831. The normalized spacial score (nSPS) is 10.7. The van der Waals surface area contributed by atoms with Crippen LogP contribution in [0, 0.1) is 0 Å². The molecule has 0 saturated carbocycles. The van der Waals surface area contributed by atoms with Crippen molar-refractivity contribution in [3.8, 4) is 0 Å². The molecule has 0 atom stereocenters. The first-order valence-electron chi connectivity index (χ1n) is 6.05. The van der Waals surface area contributed by atoms with Gasteiger partial charge in [-0.15, -0.1) is 11.3 Å². The van der Waals surface area contributed by atoms with Crippen LogP contribution in [0.3, 0.4) is 0 Å². The predicted molar refractivity (Wildman–Crippen MR) is 74.9 cm³/mol. The molecule has 0 aliphatic carbocycles. The lowest BCUT2D eigenvalue weighted by atomic mass is 10.3. The summed E-state index contributed by atoms with van der Waals surface area (Å²) in [5, 5.41) is 6.93. The van der Waals surface area contributed by atoms with E-state index in [1.54, 1.807) is 11.3 Å². The van der Waals surface area contributed by atoms with Crippen molar-refractivity contribution < 1.29 is 4.79 Å². The van der Waals surface area contributed by atoms with Gasteiger partial charge in [-0.3, -0.25) is 4.79 Å². The first-order valence-corrected chi connectivity index (χ1v) is 6.87. The summed E-state index contributed by atoms with van der Waals surface area (Å²) in [4.78, 5) is 15.9. The molecule has 0 bridgehead atoms. The molecular weight excluding hydrogens is 246 g/mol. The van der Waals surface area contributed by atoms with Crippen LogP contribution in [-0.2, 0) is 11.2 Å². The van der Waals surface area contributed by atoms with Gasteiger partial charge < -0.3 is 10.6 Å². The lowest BCUT2D eigenvalue weighted by Gasteiger charge is -2.02. The minimum Gasteiger partial charge on any atom is -0.356 e. The minimum atomic E-state index is 0.0884. The second-order valence-electron chi connectivity index (χ2n) is 4.03. The molecule has 2 rings (SSSR count). The van der Waals surface area contributed by atoms with Crippen molar-refractivity contribution in [2.45, 2.75) is 12.8 Å². The number of fused-ring (bicyclic) bond motifs is 1. The number of thiazole rings is 1. The first-order chi connectivity index (χ1) is 8.79. The third-order valence-electron chi connectivity index (χ3n) is 2.60. The fourth-order valence-electron chi connectivity index (χ4n) is 1.66. The van der Waals surface area contributed by atoms with Gasteiger partial charge in [0, 0.05) is 25.9 Å². The molecule has 1 aromatic carbocycles. The highest BCUT2D eigenvalue weighted by molar-refractivity contribution is 7.18. The third kappa shape index (κ3) is 3.51. The summed E-state index contributed by atoms with van der Waals surface area (Å²) >= 11 is 1.69. The van der Waals surface area contributed by atoms with E-state index in [2.05, 4.69) is 21.7 Å². The van der Waals surface area contributed by atoms with Crippen LogP contribution in [-0.4, -0.2) is 31.0 Å². The lowest BCUT2D eigenvalue weighted by Crippen LogP contribution is -2.28. The van der Waals surface area contributed by atoms with Gasteiger partial charge in [0.2, 0.25) is 5.91 Å². The molecule has 0 saturated heterocycles. The lowest BCUT2D eigenvalue weighted by molar-refractivity contribution is -0.120. The number of para-hydroxylation sites is 1. The number of aromatic nitrogens is 1. The van der Waals surface area contributed by atoms with Crippen LogP contribution in [0.15, 0.2) is 24.3 Å². The Labute approximate surface area is 110 Å². The summed E-state index contributed by atoms with van der Waals surface area (Å²) < 4.78 is 1.20. The van der Waals surface area contributed by atoms with Crippen LogP contribution in [0.2, 0.25) is 0 Å². The predicted octanol–water partition coefficient (Wildman–Crippen LogP) is 1.56. The monoisotopic (exact) mass is 263 g/mol. The standard InChI is InChI=1S/C13H17N3OS/c1-14-8-6-12(17)15-9-7-13-16-10-4-2-3-5-11(10)18-13/h2-5,14H,6-9H2,1H3,(H,15,17). The molecule has 5 heteroatoms. The van der Waals surface area contributed by atoms with Crippen molar-refractivity contribution in [2.24, 2.45) is 0 Å². The molecule has 0 unspecified atom stereocenters. The molecule has 18 heavy (non-hydrogen) atoms. The topological polar surface area (TPSA) is 54.0 Å². The Morgan fingerprint density at radius 2 is 2.17 bits per heavy atom. The zero-order chi connectivity index (χ0) is 12.8. The van der Waals surface area contributed by atoms with Gasteiger partial charge in [0.25, 0.3) is 0 Å². The maximum Gasteiger partial charge on any atom is 0.221 e. The van der Waals surface area contributed by atoms with Gasteiger partial charge in [0.1, 0.15) is 0 Å². The number of nitrogens with one attached hydrogen (secondary N) is 2. The molecule has 0 spiro atoms. The van der Waals surface area contributed by atoms with E-state index in [1.165, 1.54) is 4.70 Å². The van der Waals surface area contributed by atoms with Crippen LogP contribution in [0.25, 0.3) is 10.2 Å². The second-order valence-corrected chi connectivity index (χ2v) is 5.14. The van der Waals surface area contributed by atoms with Gasteiger partial charge >= 0.3 is 0 Å². The SMILES string of the molecule is CNCCC(=O)NCCc1nc2ccccc2s1. The van der Waals surface area contributed by atoms with Gasteiger partial charge in [0.05, 0.1) is 15.2 Å². The molecule has 0 aliphatic heterocycles. The molecule has 4 nitrogen and oxygen atoms in total. The van der Waals surface area contributed by atoms with Crippen molar-refractivity contribution in [2.75, 3.05) is 20.1 Å². The summed E-state index contributed by atoms with van der Waals surface area (Å²) in [6.07, 6.45) is 1.32. The van der Waals surface area contributed by atoms with Gasteiger partial charge in [-0.2, -0.15) is 0 Å². The number of benzene rings is 1. The number of hydrogen-bond donors (Lipinski definition) is 2. The molecule has 1 aromatic heterocycles. The van der Waals surface area contributed by atoms with Gasteiger partial charge in [-0.05, 0) is 19.2 Å². The van der Waals surface area contributed by atoms with E-state index < -0.39 is 0 Å². The summed E-state index contributed by atoms with van der Waals surface area (Å²) in [5.41, 5.74) is 1.04. The second kappa shape index (κ2) is 6.47. The van der Waals surface area contributed by atoms with Crippen LogP contribution >= 0.6 is 11.3 Å². The molecule has 2 N–H and O–H groups in total. The van der Waals surface area contributed by atoms with Crippen molar-refractivity contribution >= 4 is 27.5 Å². The largest absolute Gasteiger partial charge is 0.356 e. The van der Waals surface area contributed by atoms with Crippen LogP contribution in [0.5, 0.6) is 0 Å².